The molecule has 2 aromatic heterocycles. The molecular weight excluding hydrogens is 486 g/mol. The van der Waals surface area contributed by atoms with Crippen molar-refractivity contribution in [2.45, 2.75) is 24.9 Å². The van der Waals surface area contributed by atoms with Crippen molar-refractivity contribution in [1.29, 1.82) is 0 Å². The Morgan fingerprint density at radius 3 is 2.47 bits per heavy atom. The van der Waals surface area contributed by atoms with Crippen molar-refractivity contribution in [2.75, 3.05) is 11.1 Å². The molecule has 4 aromatic rings. The van der Waals surface area contributed by atoms with Crippen molar-refractivity contribution in [1.82, 2.24) is 19.7 Å². The zero-order valence-corrected chi connectivity index (χ0v) is 20.1. The van der Waals surface area contributed by atoms with Gasteiger partial charge in [-0.05, 0) is 53.9 Å². The highest BCUT2D eigenvalue weighted by Gasteiger charge is 2.18. The van der Waals surface area contributed by atoms with Crippen molar-refractivity contribution in [3.05, 3.63) is 83.1 Å². The molecule has 0 unspecified atom stereocenters. The lowest BCUT2D eigenvalue weighted by molar-refractivity contribution is -0.113. The monoisotopic (exact) mass is 507 g/mol. The Bertz CT molecular complexity index is 1210. The summed E-state index contributed by atoms with van der Waals surface area (Å²) < 4.78 is 2.94. The number of pyridine rings is 1. The second-order valence-corrected chi connectivity index (χ2v) is 9.29. The average molecular weight is 508 g/mol. The number of nitrogens with zero attached hydrogens (tertiary/aromatic N) is 4. The molecule has 0 aliphatic rings. The van der Waals surface area contributed by atoms with E-state index in [1.54, 1.807) is 12.4 Å². The van der Waals surface area contributed by atoms with Gasteiger partial charge < -0.3 is 5.32 Å². The number of aromatic nitrogens is 4. The lowest BCUT2D eigenvalue weighted by Gasteiger charge is -2.14. The number of amides is 1. The number of para-hydroxylation sites is 1. The molecule has 1 amide bonds. The number of nitrogens with one attached hydrogen (secondary N) is 1. The van der Waals surface area contributed by atoms with E-state index in [0.717, 1.165) is 27.0 Å². The maximum atomic E-state index is 12.7. The van der Waals surface area contributed by atoms with Gasteiger partial charge in [-0.1, -0.05) is 59.7 Å². The lowest BCUT2D eigenvalue weighted by Crippen LogP contribution is -2.16. The van der Waals surface area contributed by atoms with E-state index in [1.807, 2.05) is 65.2 Å². The second-order valence-electron chi connectivity index (χ2n) is 7.43. The van der Waals surface area contributed by atoms with Crippen LogP contribution in [-0.2, 0) is 4.79 Å². The Morgan fingerprint density at radius 1 is 1.03 bits per heavy atom. The van der Waals surface area contributed by atoms with Crippen molar-refractivity contribution >= 4 is 39.3 Å². The fourth-order valence-electron chi connectivity index (χ4n) is 3.30. The van der Waals surface area contributed by atoms with E-state index in [2.05, 4.69) is 50.3 Å². The topological polar surface area (TPSA) is 72.7 Å². The molecule has 0 saturated carbocycles. The minimum Gasteiger partial charge on any atom is -0.325 e. The van der Waals surface area contributed by atoms with E-state index in [9.17, 15) is 4.79 Å². The van der Waals surface area contributed by atoms with Crippen LogP contribution in [0.25, 0.3) is 17.1 Å². The molecule has 0 radical (unpaired) electrons. The summed E-state index contributed by atoms with van der Waals surface area (Å²) >= 11 is 4.83. The third-order valence-corrected chi connectivity index (χ3v) is 6.30. The van der Waals surface area contributed by atoms with Crippen LogP contribution in [0.15, 0.2) is 82.7 Å². The molecule has 6 nitrogen and oxygen atoms in total. The van der Waals surface area contributed by atoms with Gasteiger partial charge in [0.1, 0.15) is 0 Å². The highest BCUT2D eigenvalue weighted by atomic mass is 79.9. The average Bonchev–Trinajstić information content (AvgIpc) is 3.23. The summed E-state index contributed by atoms with van der Waals surface area (Å²) in [5, 5.41) is 12.5. The Hall–Kier alpha value is -2.97. The molecule has 0 saturated heterocycles. The summed E-state index contributed by atoms with van der Waals surface area (Å²) in [7, 11) is 0. The van der Waals surface area contributed by atoms with Crippen LogP contribution in [0.4, 0.5) is 5.69 Å². The van der Waals surface area contributed by atoms with Gasteiger partial charge in [0.05, 0.1) is 5.75 Å². The molecule has 0 bridgehead atoms. The minimum absolute atomic E-state index is 0.0843. The summed E-state index contributed by atoms with van der Waals surface area (Å²) in [5.41, 5.74) is 3.78. The molecule has 0 spiro atoms. The first-order valence-corrected chi connectivity index (χ1v) is 11.9. The van der Waals surface area contributed by atoms with Crippen LogP contribution < -0.4 is 5.32 Å². The molecule has 4 rings (SSSR count). The van der Waals surface area contributed by atoms with Crippen LogP contribution in [0.5, 0.6) is 0 Å². The normalized spacial score (nSPS) is 11.0. The number of halogens is 1. The van der Waals surface area contributed by atoms with Gasteiger partial charge in [-0.3, -0.25) is 14.3 Å². The number of benzene rings is 2. The van der Waals surface area contributed by atoms with E-state index >= 15 is 0 Å². The number of thioether (sulfide) groups is 1. The van der Waals surface area contributed by atoms with E-state index in [-0.39, 0.29) is 11.7 Å². The van der Waals surface area contributed by atoms with Crippen molar-refractivity contribution in [3.63, 3.8) is 0 Å². The number of hydrogen-bond acceptors (Lipinski definition) is 5. The maximum absolute atomic E-state index is 12.7. The van der Waals surface area contributed by atoms with Crippen LogP contribution in [0.2, 0.25) is 0 Å². The quantitative estimate of drug-likeness (QED) is 0.313. The van der Waals surface area contributed by atoms with Gasteiger partial charge in [-0.25, -0.2) is 0 Å². The number of hydrogen-bond donors (Lipinski definition) is 1. The van der Waals surface area contributed by atoms with E-state index in [0.29, 0.717) is 16.9 Å². The molecule has 0 fully saturated rings. The highest BCUT2D eigenvalue weighted by Crippen LogP contribution is 2.29. The molecule has 0 aliphatic carbocycles. The number of anilines is 1. The van der Waals surface area contributed by atoms with Crippen LogP contribution >= 0.6 is 27.7 Å². The summed E-state index contributed by atoms with van der Waals surface area (Å²) in [6.07, 6.45) is 3.45. The Balaban J connectivity index is 1.58. The fourth-order valence-corrected chi connectivity index (χ4v) is 4.32. The molecular formula is C24H22BrN5OS. The molecule has 0 atom stereocenters. The third kappa shape index (κ3) is 5.08. The van der Waals surface area contributed by atoms with Gasteiger partial charge in [0, 0.05) is 33.8 Å². The van der Waals surface area contributed by atoms with Crippen molar-refractivity contribution < 1.29 is 4.79 Å². The lowest BCUT2D eigenvalue weighted by atomic mass is 10.0. The zero-order valence-electron chi connectivity index (χ0n) is 17.7. The molecule has 1 N–H and O–H groups in total. The first-order chi connectivity index (χ1) is 15.5. The molecule has 0 aliphatic heterocycles. The standard InChI is InChI=1S/C24H22BrN5OS/c1-16(2)20-5-3-4-6-21(20)27-22(31)15-32-24-29-28-23(17-11-13-26-14-12-17)30(24)19-9-7-18(25)8-10-19/h3-14,16H,15H2,1-2H3,(H,27,31). The van der Waals surface area contributed by atoms with Gasteiger partial charge in [-0.15, -0.1) is 10.2 Å². The largest absolute Gasteiger partial charge is 0.325 e. The summed E-state index contributed by atoms with van der Waals surface area (Å²) in [4.78, 5) is 16.8. The van der Waals surface area contributed by atoms with Crippen molar-refractivity contribution in [2.24, 2.45) is 0 Å². The first kappa shape index (κ1) is 22.2. The molecule has 162 valence electrons. The molecule has 32 heavy (non-hydrogen) atoms. The van der Waals surface area contributed by atoms with Crippen LogP contribution in [0.1, 0.15) is 25.3 Å². The van der Waals surface area contributed by atoms with Gasteiger partial charge in [0.15, 0.2) is 11.0 Å². The summed E-state index contributed by atoms with van der Waals surface area (Å²) in [6, 6.07) is 19.6. The molecule has 8 heteroatoms. The smallest absolute Gasteiger partial charge is 0.234 e. The molecule has 2 heterocycles. The summed E-state index contributed by atoms with van der Waals surface area (Å²) in [6.45, 7) is 4.22. The van der Waals surface area contributed by atoms with Gasteiger partial charge in [0.25, 0.3) is 0 Å². The highest BCUT2D eigenvalue weighted by molar-refractivity contribution is 9.10. The van der Waals surface area contributed by atoms with Crippen LogP contribution in [0.3, 0.4) is 0 Å². The van der Waals surface area contributed by atoms with E-state index in [1.165, 1.54) is 11.8 Å². The van der Waals surface area contributed by atoms with Crippen LogP contribution in [-0.4, -0.2) is 31.4 Å². The Labute approximate surface area is 199 Å². The molecule has 2 aromatic carbocycles. The Kier molecular flexibility index (Phi) is 7.02. The van der Waals surface area contributed by atoms with Gasteiger partial charge in [-0.2, -0.15) is 0 Å². The maximum Gasteiger partial charge on any atom is 0.234 e. The number of carbonyl (C=O) groups excluding carboxylic acids is 1. The minimum atomic E-state index is -0.0843. The second kappa shape index (κ2) is 10.1. The number of carbonyl (C=O) groups is 1. The zero-order chi connectivity index (χ0) is 22.5. The van der Waals surface area contributed by atoms with Gasteiger partial charge in [0.2, 0.25) is 5.91 Å². The first-order valence-electron chi connectivity index (χ1n) is 10.2. The summed E-state index contributed by atoms with van der Waals surface area (Å²) in [5.74, 6) is 1.15. The van der Waals surface area contributed by atoms with Crippen molar-refractivity contribution in [3.8, 4) is 17.1 Å². The SMILES string of the molecule is CC(C)c1ccccc1NC(=O)CSc1nnc(-c2ccncc2)n1-c1ccc(Br)cc1. The number of rotatable bonds is 7. The van der Waals surface area contributed by atoms with E-state index < -0.39 is 0 Å². The Morgan fingerprint density at radius 2 is 1.75 bits per heavy atom. The van der Waals surface area contributed by atoms with E-state index in [4.69, 9.17) is 0 Å². The predicted molar refractivity (Wildman–Crippen MR) is 132 cm³/mol. The predicted octanol–water partition coefficient (Wildman–Crippen LogP) is 5.95. The third-order valence-electron chi connectivity index (χ3n) is 4.85. The van der Waals surface area contributed by atoms with Crippen LogP contribution in [0, 0.1) is 0 Å². The fraction of sp³-hybridized carbons (Fsp3) is 0.167. The van der Waals surface area contributed by atoms with Gasteiger partial charge >= 0.3 is 0 Å².